The smallest absolute Gasteiger partial charge is 0.228 e. The maximum Gasteiger partial charge on any atom is 0.228 e. The molecule has 3 N–H and O–H groups in total. The van der Waals surface area contributed by atoms with Gasteiger partial charge in [-0.2, -0.15) is 0 Å². The molecule has 1 aliphatic heterocycles. The molecule has 31 heavy (non-hydrogen) atoms. The average molecular weight is 438 g/mol. The van der Waals surface area contributed by atoms with Crippen molar-refractivity contribution in [3.05, 3.63) is 35.7 Å². The molecule has 2 aliphatic rings. The number of carbonyl (C=O) groups excluding carboxylic acids is 1. The summed E-state index contributed by atoms with van der Waals surface area (Å²) in [5.41, 5.74) is 4.62. The third kappa shape index (κ3) is 4.41. The van der Waals surface area contributed by atoms with E-state index < -0.39 is 0 Å². The summed E-state index contributed by atoms with van der Waals surface area (Å²) < 4.78 is 5.68. The molecule has 0 spiro atoms. The number of aromatic amines is 1. The summed E-state index contributed by atoms with van der Waals surface area (Å²) in [6.45, 7) is 3.57. The van der Waals surface area contributed by atoms with Crippen LogP contribution in [0, 0.1) is 12.8 Å². The van der Waals surface area contributed by atoms with E-state index in [0.717, 1.165) is 55.2 Å². The Kier molecular flexibility index (Phi) is 5.58. The zero-order valence-corrected chi connectivity index (χ0v) is 18.6. The van der Waals surface area contributed by atoms with Crippen molar-refractivity contribution in [1.29, 1.82) is 0 Å². The summed E-state index contributed by atoms with van der Waals surface area (Å²) in [5.74, 6) is 1.93. The van der Waals surface area contributed by atoms with Gasteiger partial charge in [-0.25, -0.2) is 9.97 Å². The van der Waals surface area contributed by atoms with Gasteiger partial charge in [-0.1, -0.05) is 6.07 Å². The molecule has 2 aromatic heterocycles. The minimum atomic E-state index is 0.0360. The number of carbonyl (C=O) groups is 1. The van der Waals surface area contributed by atoms with E-state index in [2.05, 4.69) is 50.0 Å². The molecule has 1 aliphatic carbocycles. The lowest BCUT2D eigenvalue weighted by Crippen LogP contribution is -2.15. The topological polar surface area (TPSA) is 91.9 Å². The summed E-state index contributed by atoms with van der Waals surface area (Å²) >= 11 is 1.72. The quantitative estimate of drug-likeness (QED) is 0.471. The molecule has 3 aromatic rings. The minimum absolute atomic E-state index is 0.0360. The molecule has 0 bridgehead atoms. The van der Waals surface area contributed by atoms with Gasteiger partial charge in [0.05, 0.1) is 18.0 Å². The number of nitrogens with one attached hydrogen (secondary N) is 3. The van der Waals surface area contributed by atoms with E-state index >= 15 is 0 Å². The molecule has 5 rings (SSSR count). The first-order chi connectivity index (χ1) is 15.1. The molecule has 1 saturated heterocycles. The monoisotopic (exact) mass is 437 g/mol. The van der Waals surface area contributed by atoms with E-state index in [1.807, 2.05) is 13.0 Å². The highest BCUT2D eigenvalue weighted by Crippen LogP contribution is 2.36. The lowest BCUT2D eigenvalue weighted by molar-refractivity contribution is -0.117. The number of rotatable bonds is 6. The molecule has 162 valence electrons. The third-order valence-corrected chi connectivity index (χ3v) is 6.68. The second kappa shape index (κ2) is 8.51. The van der Waals surface area contributed by atoms with Crippen LogP contribution in [0.25, 0.3) is 11.2 Å². The van der Waals surface area contributed by atoms with Gasteiger partial charge in [0.15, 0.2) is 5.65 Å². The second-order valence-corrected chi connectivity index (χ2v) is 9.19. The number of nitrogens with zero attached hydrogens (tertiary/aromatic N) is 2. The fourth-order valence-corrected chi connectivity index (χ4v) is 4.65. The molecule has 1 saturated carbocycles. The Morgan fingerprint density at radius 1 is 1.19 bits per heavy atom. The normalized spacial score (nSPS) is 18.8. The van der Waals surface area contributed by atoms with Gasteiger partial charge in [0.1, 0.15) is 17.2 Å². The average Bonchev–Trinajstić information content (AvgIpc) is 3.56. The minimum Gasteiger partial charge on any atom is -0.381 e. The Morgan fingerprint density at radius 2 is 2.06 bits per heavy atom. The number of hydrogen-bond donors (Lipinski definition) is 3. The van der Waals surface area contributed by atoms with Crippen LogP contribution in [0.15, 0.2) is 29.2 Å². The van der Waals surface area contributed by atoms with Gasteiger partial charge in [0.2, 0.25) is 5.91 Å². The number of thioether (sulfide) groups is 1. The van der Waals surface area contributed by atoms with Crippen molar-refractivity contribution in [3.63, 3.8) is 0 Å². The predicted octanol–water partition coefficient (Wildman–Crippen LogP) is 4.97. The van der Waals surface area contributed by atoms with Crippen LogP contribution < -0.4 is 10.6 Å². The molecular weight excluding hydrogens is 410 g/mol. The summed E-state index contributed by atoms with van der Waals surface area (Å²) in [6.07, 6.45) is 6.28. The first-order valence-electron chi connectivity index (χ1n) is 10.8. The van der Waals surface area contributed by atoms with Crippen molar-refractivity contribution in [2.45, 2.75) is 43.4 Å². The highest BCUT2D eigenvalue weighted by Gasteiger charge is 2.30. The third-order valence-electron chi connectivity index (χ3n) is 5.91. The van der Waals surface area contributed by atoms with Crippen LogP contribution in [0.1, 0.15) is 43.0 Å². The van der Waals surface area contributed by atoms with Gasteiger partial charge < -0.3 is 20.4 Å². The van der Waals surface area contributed by atoms with Crippen molar-refractivity contribution in [3.8, 4) is 0 Å². The Balaban J connectivity index is 1.46. The molecule has 2 fully saturated rings. The number of benzene rings is 1. The van der Waals surface area contributed by atoms with E-state index in [4.69, 9.17) is 4.74 Å². The summed E-state index contributed by atoms with van der Waals surface area (Å²) in [4.78, 5) is 25.7. The van der Waals surface area contributed by atoms with Crippen molar-refractivity contribution in [2.24, 2.45) is 5.92 Å². The molecule has 1 aromatic carbocycles. The lowest BCUT2D eigenvalue weighted by Gasteiger charge is -2.23. The van der Waals surface area contributed by atoms with Crippen LogP contribution in [-0.4, -0.2) is 40.3 Å². The zero-order chi connectivity index (χ0) is 21.4. The van der Waals surface area contributed by atoms with Crippen LogP contribution in [0.2, 0.25) is 0 Å². The van der Waals surface area contributed by atoms with Crippen LogP contribution in [0.4, 0.5) is 17.2 Å². The molecule has 1 atom stereocenters. The molecular formula is C23H27N5O2S. The van der Waals surface area contributed by atoms with Crippen LogP contribution in [0.3, 0.4) is 0 Å². The first-order valence-corrected chi connectivity index (χ1v) is 12.0. The highest BCUT2D eigenvalue weighted by molar-refractivity contribution is 7.98. The van der Waals surface area contributed by atoms with Gasteiger partial charge in [0.25, 0.3) is 0 Å². The van der Waals surface area contributed by atoms with Gasteiger partial charge in [-0.05, 0) is 56.6 Å². The van der Waals surface area contributed by atoms with Gasteiger partial charge in [-0.15, -0.1) is 11.8 Å². The highest BCUT2D eigenvalue weighted by atomic mass is 32.2. The molecule has 3 heterocycles. The summed E-state index contributed by atoms with van der Waals surface area (Å²) in [6, 6.07) is 8.47. The van der Waals surface area contributed by atoms with Crippen molar-refractivity contribution >= 4 is 46.0 Å². The van der Waals surface area contributed by atoms with Crippen LogP contribution in [0.5, 0.6) is 0 Å². The zero-order valence-electron chi connectivity index (χ0n) is 17.8. The molecule has 8 heteroatoms. The Hall–Kier alpha value is -2.58. The number of anilines is 3. The number of imidazole rings is 1. The number of aryl methyl sites for hydroxylation is 1. The lowest BCUT2D eigenvalue weighted by atomic mass is 9.93. The largest absolute Gasteiger partial charge is 0.381 e. The van der Waals surface area contributed by atoms with Gasteiger partial charge in [0, 0.05) is 29.4 Å². The van der Waals surface area contributed by atoms with Crippen molar-refractivity contribution < 1.29 is 9.53 Å². The maximum absolute atomic E-state index is 12.3. The number of ether oxygens (including phenoxy) is 1. The van der Waals surface area contributed by atoms with Gasteiger partial charge in [-0.3, -0.25) is 4.79 Å². The fourth-order valence-electron chi connectivity index (χ4n) is 4.05. The molecule has 1 amide bonds. The standard InChI is InChI=1S/C23H27N5O2S/c1-13-24-21-18(11-20(27-22(21)25-13)28-23(29)14-5-6-14)26-17-8-7-15(10-19(17)31-2)16-4-3-9-30-12-16/h7-8,10-11,14,16H,3-6,9,12H2,1-2H3,(H3,24,25,26,27,28,29). The number of hydrogen-bond acceptors (Lipinski definition) is 6. The van der Waals surface area contributed by atoms with E-state index in [0.29, 0.717) is 17.4 Å². The van der Waals surface area contributed by atoms with Crippen LogP contribution >= 0.6 is 11.8 Å². The Labute approximate surface area is 185 Å². The summed E-state index contributed by atoms with van der Waals surface area (Å²) in [5, 5.41) is 6.50. The van der Waals surface area contributed by atoms with E-state index in [9.17, 15) is 4.79 Å². The molecule has 0 radical (unpaired) electrons. The van der Waals surface area contributed by atoms with Crippen LogP contribution in [-0.2, 0) is 9.53 Å². The van der Waals surface area contributed by atoms with E-state index in [1.165, 1.54) is 16.9 Å². The van der Waals surface area contributed by atoms with Crippen molar-refractivity contribution in [2.75, 3.05) is 30.1 Å². The number of aromatic nitrogens is 3. The fraction of sp³-hybridized carbons (Fsp3) is 0.435. The number of amides is 1. The Morgan fingerprint density at radius 3 is 2.81 bits per heavy atom. The number of pyridine rings is 1. The SMILES string of the molecule is CSc1cc(C2CCCOC2)ccc1Nc1cc(NC(=O)C2CC2)nc2nc(C)[nH]c12. The molecule has 1 unspecified atom stereocenters. The van der Waals surface area contributed by atoms with E-state index in [1.54, 1.807) is 11.8 Å². The Bertz CT molecular complexity index is 1120. The number of fused-ring (bicyclic) bond motifs is 1. The number of H-pyrrole nitrogens is 1. The van der Waals surface area contributed by atoms with Crippen molar-refractivity contribution in [1.82, 2.24) is 15.0 Å². The first kappa shape index (κ1) is 20.3. The maximum atomic E-state index is 12.3. The molecule has 7 nitrogen and oxygen atoms in total. The van der Waals surface area contributed by atoms with Gasteiger partial charge >= 0.3 is 0 Å². The van der Waals surface area contributed by atoms with E-state index in [-0.39, 0.29) is 11.8 Å². The summed E-state index contributed by atoms with van der Waals surface area (Å²) in [7, 11) is 0. The predicted molar refractivity (Wildman–Crippen MR) is 124 cm³/mol. The second-order valence-electron chi connectivity index (χ2n) is 8.34.